The number of benzene rings is 1. The average Bonchev–Trinajstić information content (AvgIpc) is 2.24. The van der Waals surface area contributed by atoms with Gasteiger partial charge >= 0.3 is 6.18 Å². The van der Waals surface area contributed by atoms with E-state index >= 15 is 0 Å². The number of anilines is 1. The Hall–Kier alpha value is 0.210. The van der Waals surface area contributed by atoms with Crippen LogP contribution in [-0.2, 0) is 4.74 Å². The predicted molar refractivity (Wildman–Crippen MR) is 79.5 cm³/mol. The minimum Gasteiger partial charge on any atom is -0.383 e. The van der Waals surface area contributed by atoms with Crippen LogP contribution in [-0.4, -0.2) is 25.9 Å². The molecular formula is C11H11Br3F3NO. The van der Waals surface area contributed by atoms with E-state index in [1.54, 1.807) is 0 Å². The summed E-state index contributed by atoms with van der Waals surface area (Å²) in [6.45, 7) is -0.604. The Bertz CT molecular complexity index is 403. The Morgan fingerprint density at radius 3 is 2.21 bits per heavy atom. The molecule has 8 heteroatoms. The summed E-state index contributed by atoms with van der Waals surface area (Å²) >= 11 is 10.2. The molecule has 19 heavy (non-hydrogen) atoms. The van der Waals surface area contributed by atoms with Gasteiger partial charge in [-0.3, -0.25) is 0 Å². The van der Waals surface area contributed by atoms with E-state index in [9.17, 15) is 13.2 Å². The van der Waals surface area contributed by atoms with E-state index in [0.29, 0.717) is 13.0 Å². The highest BCUT2D eigenvalue weighted by molar-refractivity contribution is 9.11. The van der Waals surface area contributed by atoms with Crippen LogP contribution in [0.2, 0.25) is 0 Å². The van der Waals surface area contributed by atoms with E-state index in [1.165, 1.54) is 0 Å². The van der Waals surface area contributed by atoms with Crippen molar-refractivity contribution in [3.05, 3.63) is 25.6 Å². The van der Waals surface area contributed by atoms with Crippen molar-refractivity contribution in [2.45, 2.75) is 12.6 Å². The predicted octanol–water partition coefficient (Wildman–Crippen LogP) is 5.36. The summed E-state index contributed by atoms with van der Waals surface area (Å²) in [4.78, 5) is 0. The molecule has 1 aromatic rings. The zero-order valence-electron chi connectivity index (χ0n) is 9.66. The first-order chi connectivity index (χ1) is 8.79. The van der Waals surface area contributed by atoms with Crippen LogP contribution >= 0.6 is 47.8 Å². The maximum absolute atomic E-state index is 11.8. The molecule has 0 fully saturated rings. The number of alkyl halides is 3. The fourth-order valence-corrected chi connectivity index (χ4v) is 3.83. The molecule has 0 saturated heterocycles. The first-order valence-corrected chi connectivity index (χ1v) is 7.70. The Kier molecular flexibility index (Phi) is 7.13. The molecule has 0 aliphatic rings. The molecule has 0 unspecified atom stereocenters. The Labute approximate surface area is 134 Å². The van der Waals surface area contributed by atoms with Gasteiger partial charge in [0.25, 0.3) is 0 Å². The summed E-state index contributed by atoms with van der Waals surface area (Å²) in [6.07, 6.45) is -3.77. The highest BCUT2D eigenvalue weighted by Gasteiger charge is 2.27. The van der Waals surface area contributed by atoms with Crippen LogP contribution in [0.25, 0.3) is 0 Å². The van der Waals surface area contributed by atoms with Gasteiger partial charge < -0.3 is 10.1 Å². The molecule has 1 rings (SSSR count). The molecule has 0 bridgehead atoms. The minimum atomic E-state index is -4.26. The van der Waals surface area contributed by atoms with E-state index in [2.05, 4.69) is 57.8 Å². The maximum atomic E-state index is 11.8. The summed E-state index contributed by atoms with van der Waals surface area (Å²) in [5.74, 6) is 0. The van der Waals surface area contributed by atoms with Crippen molar-refractivity contribution >= 4 is 53.5 Å². The molecule has 0 radical (unpaired) electrons. The lowest BCUT2D eigenvalue weighted by Crippen LogP contribution is -2.18. The van der Waals surface area contributed by atoms with Crippen molar-refractivity contribution in [3.8, 4) is 0 Å². The average molecular weight is 470 g/mol. The molecule has 0 spiro atoms. The van der Waals surface area contributed by atoms with Crippen LogP contribution in [0, 0.1) is 0 Å². The second-order valence-corrected chi connectivity index (χ2v) is 6.32. The van der Waals surface area contributed by atoms with Crippen LogP contribution in [0.4, 0.5) is 18.9 Å². The van der Waals surface area contributed by atoms with Gasteiger partial charge in [0.15, 0.2) is 0 Å². The van der Waals surface area contributed by atoms with Gasteiger partial charge in [0, 0.05) is 26.6 Å². The molecule has 1 aromatic carbocycles. The number of hydrogen-bond acceptors (Lipinski definition) is 2. The van der Waals surface area contributed by atoms with E-state index in [0.717, 1.165) is 19.1 Å². The SMILES string of the molecule is FC(F)(F)COCCCNc1c(Br)cc(Br)cc1Br. The zero-order valence-corrected chi connectivity index (χ0v) is 14.4. The van der Waals surface area contributed by atoms with Gasteiger partial charge in [0.2, 0.25) is 0 Å². The molecule has 1 N–H and O–H groups in total. The highest BCUT2D eigenvalue weighted by Crippen LogP contribution is 2.34. The Balaban J connectivity index is 2.30. The molecule has 0 amide bonds. The highest BCUT2D eigenvalue weighted by atomic mass is 79.9. The fourth-order valence-electron chi connectivity index (χ4n) is 1.29. The Morgan fingerprint density at radius 2 is 1.68 bits per heavy atom. The number of halogens is 6. The van der Waals surface area contributed by atoms with E-state index in [1.807, 2.05) is 12.1 Å². The van der Waals surface area contributed by atoms with Crippen LogP contribution in [0.15, 0.2) is 25.6 Å². The first kappa shape index (κ1) is 17.3. The van der Waals surface area contributed by atoms with Gasteiger partial charge in [-0.1, -0.05) is 15.9 Å². The van der Waals surface area contributed by atoms with E-state index < -0.39 is 12.8 Å². The van der Waals surface area contributed by atoms with Crippen molar-refractivity contribution in [3.63, 3.8) is 0 Å². The van der Waals surface area contributed by atoms with Crippen molar-refractivity contribution in [2.24, 2.45) is 0 Å². The molecule has 0 heterocycles. The lowest BCUT2D eigenvalue weighted by atomic mass is 10.3. The van der Waals surface area contributed by atoms with Gasteiger partial charge in [0.1, 0.15) is 6.61 Å². The molecule has 0 saturated carbocycles. The van der Waals surface area contributed by atoms with Gasteiger partial charge in [-0.25, -0.2) is 0 Å². The third-order valence-corrected chi connectivity index (χ3v) is 3.75. The number of hydrogen-bond donors (Lipinski definition) is 1. The quantitative estimate of drug-likeness (QED) is 0.567. The van der Waals surface area contributed by atoms with Gasteiger partial charge in [-0.15, -0.1) is 0 Å². The molecule has 0 aliphatic heterocycles. The Morgan fingerprint density at radius 1 is 1.11 bits per heavy atom. The smallest absolute Gasteiger partial charge is 0.383 e. The van der Waals surface area contributed by atoms with E-state index in [4.69, 9.17) is 0 Å². The van der Waals surface area contributed by atoms with Crippen LogP contribution in [0.1, 0.15) is 6.42 Å². The molecule has 0 aliphatic carbocycles. The second kappa shape index (κ2) is 7.85. The summed E-state index contributed by atoms with van der Waals surface area (Å²) in [6, 6.07) is 3.76. The van der Waals surface area contributed by atoms with Crippen molar-refractivity contribution < 1.29 is 17.9 Å². The lowest BCUT2D eigenvalue weighted by Gasteiger charge is -2.12. The van der Waals surface area contributed by atoms with Crippen molar-refractivity contribution in [2.75, 3.05) is 25.1 Å². The van der Waals surface area contributed by atoms with Crippen LogP contribution in [0.5, 0.6) is 0 Å². The van der Waals surface area contributed by atoms with Crippen LogP contribution in [0.3, 0.4) is 0 Å². The number of nitrogens with one attached hydrogen (secondary N) is 1. The molecule has 0 atom stereocenters. The molecule has 2 nitrogen and oxygen atoms in total. The lowest BCUT2D eigenvalue weighted by molar-refractivity contribution is -0.173. The third kappa shape index (κ3) is 6.97. The molecular weight excluding hydrogens is 459 g/mol. The minimum absolute atomic E-state index is 0.0677. The number of ether oxygens (including phenoxy) is 1. The number of rotatable bonds is 6. The van der Waals surface area contributed by atoms with Gasteiger partial charge in [0.05, 0.1) is 5.69 Å². The summed E-state index contributed by atoms with van der Waals surface area (Å²) in [5.41, 5.74) is 0.860. The van der Waals surface area contributed by atoms with Gasteiger partial charge in [-0.05, 0) is 50.4 Å². The van der Waals surface area contributed by atoms with Crippen molar-refractivity contribution in [1.29, 1.82) is 0 Å². The maximum Gasteiger partial charge on any atom is 0.411 e. The largest absolute Gasteiger partial charge is 0.411 e. The van der Waals surface area contributed by atoms with Gasteiger partial charge in [-0.2, -0.15) is 13.2 Å². The molecule has 0 aromatic heterocycles. The second-order valence-electron chi connectivity index (χ2n) is 3.69. The van der Waals surface area contributed by atoms with Crippen molar-refractivity contribution in [1.82, 2.24) is 0 Å². The zero-order chi connectivity index (χ0) is 14.5. The summed E-state index contributed by atoms with van der Waals surface area (Å²) < 4.78 is 42.6. The summed E-state index contributed by atoms with van der Waals surface area (Å²) in [7, 11) is 0. The first-order valence-electron chi connectivity index (χ1n) is 5.32. The van der Waals surface area contributed by atoms with E-state index in [-0.39, 0.29) is 6.61 Å². The topological polar surface area (TPSA) is 21.3 Å². The standard InChI is InChI=1S/C11H11Br3F3NO/c12-7-4-8(13)10(9(14)5-7)18-2-1-3-19-6-11(15,16)17/h4-5,18H,1-3,6H2. The normalized spacial score (nSPS) is 11.7. The van der Waals surface area contributed by atoms with Crippen LogP contribution < -0.4 is 5.32 Å². The molecule has 108 valence electrons. The monoisotopic (exact) mass is 467 g/mol. The summed E-state index contributed by atoms with van der Waals surface area (Å²) in [5, 5.41) is 3.13. The fraction of sp³-hybridized carbons (Fsp3) is 0.455. The third-order valence-electron chi connectivity index (χ3n) is 2.04.